The lowest BCUT2D eigenvalue weighted by Gasteiger charge is -2.33. The van der Waals surface area contributed by atoms with Crippen molar-refractivity contribution in [1.82, 2.24) is 9.55 Å². The van der Waals surface area contributed by atoms with Crippen molar-refractivity contribution < 1.29 is 4.74 Å². The maximum Gasteiger partial charge on any atom is 0.0959 e. The molecule has 106 valence electrons. The van der Waals surface area contributed by atoms with Crippen molar-refractivity contribution in [3.05, 3.63) is 30.6 Å². The fourth-order valence-corrected chi connectivity index (χ4v) is 3.96. The first kappa shape index (κ1) is 12.4. The molecule has 2 aromatic rings. The molecule has 0 bridgehead atoms. The summed E-state index contributed by atoms with van der Waals surface area (Å²) in [6, 6.07) is 8.35. The second kappa shape index (κ2) is 4.88. The minimum absolute atomic E-state index is 0.222. The number of imidazole rings is 1. The van der Waals surface area contributed by atoms with Crippen LogP contribution < -0.4 is 0 Å². The Labute approximate surface area is 120 Å². The van der Waals surface area contributed by atoms with Crippen LogP contribution in [0, 0.1) is 0 Å². The van der Waals surface area contributed by atoms with E-state index in [1.807, 2.05) is 12.4 Å². The highest BCUT2D eigenvalue weighted by molar-refractivity contribution is 5.74. The summed E-state index contributed by atoms with van der Waals surface area (Å²) in [5.41, 5.74) is 2.53. The van der Waals surface area contributed by atoms with Crippen LogP contribution in [0.2, 0.25) is 0 Å². The third-order valence-electron chi connectivity index (χ3n) is 5.03. The SMILES string of the molecule is c1ccc2c(c1)ncn2CC1CCC2(CCCCC2)O1. The number of ether oxygens (including phenoxy) is 1. The van der Waals surface area contributed by atoms with Crippen molar-refractivity contribution in [1.29, 1.82) is 0 Å². The fourth-order valence-electron chi connectivity index (χ4n) is 3.96. The van der Waals surface area contributed by atoms with E-state index in [0.29, 0.717) is 6.10 Å². The van der Waals surface area contributed by atoms with E-state index >= 15 is 0 Å². The van der Waals surface area contributed by atoms with Crippen molar-refractivity contribution in [3.63, 3.8) is 0 Å². The molecule has 20 heavy (non-hydrogen) atoms. The van der Waals surface area contributed by atoms with Gasteiger partial charge in [-0.15, -0.1) is 0 Å². The highest BCUT2D eigenvalue weighted by Gasteiger charge is 2.40. The van der Waals surface area contributed by atoms with Gasteiger partial charge in [0.25, 0.3) is 0 Å². The second-order valence-corrected chi connectivity index (χ2v) is 6.41. The molecule has 1 aromatic heterocycles. The Hall–Kier alpha value is -1.35. The van der Waals surface area contributed by atoms with Gasteiger partial charge in [-0.1, -0.05) is 31.4 Å². The third kappa shape index (κ3) is 2.14. The predicted octanol–water partition coefficient (Wildman–Crippen LogP) is 3.92. The quantitative estimate of drug-likeness (QED) is 0.827. The second-order valence-electron chi connectivity index (χ2n) is 6.41. The molecule has 4 rings (SSSR count). The molecule has 3 nitrogen and oxygen atoms in total. The normalized spacial score (nSPS) is 25.5. The summed E-state index contributed by atoms with van der Waals surface area (Å²) in [4.78, 5) is 4.47. The minimum Gasteiger partial charge on any atom is -0.370 e. The standard InChI is InChI=1S/C17H22N2O/c1-4-9-17(10-5-1)11-8-14(20-17)12-19-13-18-15-6-2-3-7-16(15)19/h2-3,6-7,13-14H,1,4-5,8-12H2. The van der Waals surface area contributed by atoms with Gasteiger partial charge in [-0.05, 0) is 37.8 Å². The monoisotopic (exact) mass is 270 g/mol. The molecule has 2 aliphatic rings. The summed E-state index contributed by atoms with van der Waals surface area (Å²) in [7, 11) is 0. The summed E-state index contributed by atoms with van der Waals surface area (Å²) in [5.74, 6) is 0. The van der Waals surface area contributed by atoms with E-state index in [9.17, 15) is 0 Å². The zero-order valence-electron chi connectivity index (χ0n) is 11.9. The smallest absolute Gasteiger partial charge is 0.0959 e. The predicted molar refractivity (Wildman–Crippen MR) is 79.7 cm³/mol. The van der Waals surface area contributed by atoms with Gasteiger partial charge in [0.1, 0.15) is 0 Å². The van der Waals surface area contributed by atoms with Crippen LogP contribution >= 0.6 is 0 Å². The molecule has 3 heteroatoms. The summed E-state index contributed by atoms with van der Waals surface area (Å²) < 4.78 is 8.72. The van der Waals surface area contributed by atoms with E-state index in [2.05, 4.69) is 27.8 Å². The largest absolute Gasteiger partial charge is 0.370 e. The van der Waals surface area contributed by atoms with Gasteiger partial charge in [-0.3, -0.25) is 0 Å². The first-order chi connectivity index (χ1) is 9.85. The van der Waals surface area contributed by atoms with Crippen LogP contribution in [-0.4, -0.2) is 21.3 Å². The lowest BCUT2D eigenvalue weighted by molar-refractivity contribution is -0.0677. The maximum atomic E-state index is 6.46. The van der Waals surface area contributed by atoms with Crippen LogP contribution in [0.5, 0.6) is 0 Å². The van der Waals surface area contributed by atoms with E-state index in [0.717, 1.165) is 12.1 Å². The van der Waals surface area contributed by atoms with E-state index < -0.39 is 0 Å². The van der Waals surface area contributed by atoms with Crippen molar-refractivity contribution in [2.75, 3.05) is 0 Å². The van der Waals surface area contributed by atoms with Crippen LogP contribution in [0.4, 0.5) is 0 Å². The summed E-state index contributed by atoms with van der Waals surface area (Å²) in [6.45, 7) is 0.947. The van der Waals surface area contributed by atoms with Crippen LogP contribution in [0.3, 0.4) is 0 Å². The molecule has 1 saturated heterocycles. The Bertz CT molecular complexity index is 598. The maximum absolute atomic E-state index is 6.46. The molecule has 0 radical (unpaired) electrons. The number of nitrogens with zero attached hydrogens (tertiary/aromatic N) is 2. The van der Waals surface area contributed by atoms with Crippen molar-refractivity contribution in [2.24, 2.45) is 0 Å². The highest BCUT2D eigenvalue weighted by atomic mass is 16.5. The zero-order chi connectivity index (χ0) is 13.4. The Balaban J connectivity index is 1.50. The van der Waals surface area contributed by atoms with E-state index in [1.165, 1.54) is 50.5 Å². The van der Waals surface area contributed by atoms with Crippen LogP contribution in [0.15, 0.2) is 30.6 Å². The molecule has 1 aliphatic carbocycles. The topological polar surface area (TPSA) is 27.1 Å². The molecule has 1 spiro atoms. The van der Waals surface area contributed by atoms with Gasteiger partial charge in [0, 0.05) is 0 Å². The molecule has 1 aliphatic heterocycles. The number of benzene rings is 1. The van der Waals surface area contributed by atoms with Crippen LogP contribution in [-0.2, 0) is 11.3 Å². The minimum atomic E-state index is 0.222. The van der Waals surface area contributed by atoms with Crippen LogP contribution in [0.1, 0.15) is 44.9 Å². The number of para-hydroxylation sites is 2. The number of rotatable bonds is 2. The van der Waals surface area contributed by atoms with Gasteiger partial charge >= 0.3 is 0 Å². The lowest BCUT2D eigenvalue weighted by Crippen LogP contribution is -2.32. The Morgan fingerprint density at radius 1 is 1.15 bits per heavy atom. The van der Waals surface area contributed by atoms with Gasteiger partial charge in [0.2, 0.25) is 0 Å². The third-order valence-corrected chi connectivity index (χ3v) is 5.03. The molecule has 0 N–H and O–H groups in total. The number of hydrogen-bond donors (Lipinski definition) is 0. The first-order valence-electron chi connectivity index (χ1n) is 7.92. The molecule has 1 aromatic carbocycles. The van der Waals surface area contributed by atoms with E-state index in [-0.39, 0.29) is 5.60 Å². The highest BCUT2D eigenvalue weighted by Crippen LogP contribution is 2.42. The van der Waals surface area contributed by atoms with Crippen molar-refractivity contribution in [3.8, 4) is 0 Å². The van der Waals surface area contributed by atoms with Gasteiger partial charge in [-0.2, -0.15) is 0 Å². The molecular weight excluding hydrogens is 248 g/mol. The van der Waals surface area contributed by atoms with Gasteiger partial charge < -0.3 is 9.30 Å². The first-order valence-corrected chi connectivity index (χ1v) is 7.92. The Kier molecular flexibility index (Phi) is 3.03. The van der Waals surface area contributed by atoms with Gasteiger partial charge in [-0.25, -0.2) is 4.98 Å². The summed E-state index contributed by atoms with van der Waals surface area (Å²) in [6.07, 6.45) is 11.4. The Morgan fingerprint density at radius 3 is 2.90 bits per heavy atom. The van der Waals surface area contributed by atoms with Crippen LogP contribution in [0.25, 0.3) is 11.0 Å². The molecule has 2 heterocycles. The number of fused-ring (bicyclic) bond motifs is 1. The number of hydrogen-bond acceptors (Lipinski definition) is 2. The van der Waals surface area contributed by atoms with E-state index in [4.69, 9.17) is 4.74 Å². The van der Waals surface area contributed by atoms with Gasteiger partial charge in [0.05, 0.1) is 35.6 Å². The zero-order valence-corrected chi connectivity index (χ0v) is 11.9. The molecule has 0 amide bonds. The molecule has 1 unspecified atom stereocenters. The van der Waals surface area contributed by atoms with Crippen molar-refractivity contribution in [2.45, 2.75) is 63.2 Å². The Morgan fingerprint density at radius 2 is 2.00 bits per heavy atom. The number of aromatic nitrogens is 2. The summed E-state index contributed by atoms with van der Waals surface area (Å²) in [5, 5.41) is 0. The van der Waals surface area contributed by atoms with Gasteiger partial charge in [0.15, 0.2) is 0 Å². The average molecular weight is 270 g/mol. The van der Waals surface area contributed by atoms with E-state index in [1.54, 1.807) is 0 Å². The fraction of sp³-hybridized carbons (Fsp3) is 0.588. The molecule has 1 saturated carbocycles. The average Bonchev–Trinajstić information content (AvgIpc) is 3.06. The lowest BCUT2D eigenvalue weighted by atomic mass is 9.83. The van der Waals surface area contributed by atoms with Crippen molar-refractivity contribution >= 4 is 11.0 Å². The summed E-state index contributed by atoms with van der Waals surface area (Å²) >= 11 is 0. The molecular formula is C17H22N2O. The molecule has 2 fully saturated rings. The molecule has 1 atom stereocenters.